The molecule has 0 unspecified atom stereocenters. The molecule has 7 nitrogen and oxygen atoms in total. The normalized spacial score (nSPS) is 27.9. The van der Waals surface area contributed by atoms with E-state index < -0.39 is 10.0 Å². The Labute approximate surface area is 179 Å². The number of sulfonamides is 1. The molecule has 1 aromatic rings. The number of nitrogens with zero attached hydrogens (tertiary/aromatic N) is 2. The van der Waals surface area contributed by atoms with E-state index in [0.717, 1.165) is 24.2 Å². The van der Waals surface area contributed by atoms with E-state index in [1.165, 1.54) is 10.7 Å². The summed E-state index contributed by atoms with van der Waals surface area (Å²) in [4.78, 5) is 15.3. The van der Waals surface area contributed by atoms with Crippen molar-refractivity contribution >= 4 is 15.9 Å². The number of carbonyl (C=O) groups is 1. The van der Waals surface area contributed by atoms with Crippen LogP contribution in [0.25, 0.3) is 0 Å². The highest BCUT2D eigenvalue weighted by molar-refractivity contribution is 7.89. The topological polar surface area (TPSA) is 76.2 Å². The molecule has 0 N–H and O–H groups in total. The summed E-state index contributed by atoms with van der Waals surface area (Å²) in [7, 11) is -3.19. The minimum Gasteiger partial charge on any atom is -0.454 e. The van der Waals surface area contributed by atoms with E-state index >= 15 is 0 Å². The van der Waals surface area contributed by atoms with Gasteiger partial charge in [0.05, 0.1) is 5.75 Å². The highest BCUT2D eigenvalue weighted by atomic mass is 32.2. The smallest absolute Gasteiger partial charge is 0.231 e. The van der Waals surface area contributed by atoms with Gasteiger partial charge in [-0.2, -0.15) is 0 Å². The molecule has 3 aliphatic rings. The Morgan fingerprint density at radius 3 is 2.73 bits per heavy atom. The molecule has 166 valence electrons. The summed E-state index contributed by atoms with van der Waals surface area (Å²) in [6.07, 6.45) is 4.16. The highest BCUT2D eigenvalue weighted by Gasteiger charge is 2.35. The van der Waals surface area contributed by atoms with Crippen molar-refractivity contribution in [3.8, 4) is 11.5 Å². The van der Waals surface area contributed by atoms with Gasteiger partial charge in [0, 0.05) is 32.1 Å². The Morgan fingerprint density at radius 1 is 1.17 bits per heavy atom. The standard InChI is InChI=1S/C22H32N2O5S/c1-16-5-3-6-19(17(16)2)24(14-18-7-8-20-21(13-18)29-15-28-20)22(25)9-11-23-10-4-12-30(23,26)27/h7-8,13,16-17,19H,3-6,9-12,14-15H2,1-2H3/t16-,17-,19-/m1/s1. The molecule has 1 amide bonds. The van der Waals surface area contributed by atoms with Gasteiger partial charge in [0.25, 0.3) is 0 Å². The lowest BCUT2D eigenvalue weighted by Gasteiger charge is -2.42. The van der Waals surface area contributed by atoms with Crippen molar-refractivity contribution in [2.75, 3.05) is 25.6 Å². The monoisotopic (exact) mass is 436 g/mol. The van der Waals surface area contributed by atoms with Crippen LogP contribution < -0.4 is 9.47 Å². The van der Waals surface area contributed by atoms with Gasteiger partial charge in [0.2, 0.25) is 22.7 Å². The summed E-state index contributed by atoms with van der Waals surface area (Å²) < 4.78 is 36.6. The average Bonchev–Trinajstić information content (AvgIpc) is 3.31. The van der Waals surface area contributed by atoms with Crippen molar-refractivity contribution in [2.24, 2.45) is 11.8 Å². The second-order valence-corrected chi connectivity index (χ2v) is 11.0. The van der Waals surface area contributed by atoms with Crippen LogP contribution in [-0.4, -0.2) is 55.2 Å². The summed E-state index contributed by atoms with van der Waals surface area (Å²) >= 11 is 0. The van der Waals surface area contributed by atoms with Crippen LogP contribution in [0.5, 0.6) is 11.5 Å². The molecule has 1 saturated heterocycles. The van der Waals surface area contributed by atoms with E-state index in [1.807, 2.05) is 23.1 Å². The van der Waals surface area contributed by atoms with Crippen LogP contribution in [0.1, 0.15) is 51.5 Å². The van der Waals surface area contributed by atoms with Crippen molar-refractivity contribution in [3.05, 3.63) is 23.8 Å². The third-order valence-corrected chi connectivity index (χ3v) is 8.91. The van der Waals surface area contributed by atoms with Crippen molar-refractivity contribution in [2.45, 2.75) is 58.5 Å². The molecule has 30 heavy (non-hydrogen) atoms. The van der Waals surface area contributed by atoms with E-state index in [9.17, 15) is 13.2 Å². The van der Waals surface area contributed by atoms with Crippen LogP contribution in [0.4, 0.5) is 0 Å². The zero-order valence-corrected chi connectivity index (χ0v) is 18.7. The Kier molecular flexibility index (Phi) is 6.25. The van der Waals surface area contributed by atoms with Gasteiger partial charge >= 0.3 is 0 Å². The summed E-state index contributed by atoms with van der Waals surface area (Å²) in [5.74, 6) is 2.64. The molecule has 1 aliphatic carbocycles. The maximum absolute atomic E-state index is 13.3. The maximum Gasteiger partial charge on any atom is 0.231 e. The van der Waals surface area contributed by atoms with E-state index in [1.54, 1.807) is 0 Å². The predicted octanol–water partition coefficient (Wildman–Crippen LogP) is 2.99. The summed E-state index contributed by atoms with van der Waals surface area (Å²) in [5.41, 5.74) is 1.01. The zero-order chi connectivity index (χ0) is 21.3. The molecule has 0 radical (unpaired) electrons. The third-order valence-electron chi connectivity index (χ3n) is 6.95. The first kappa shape index (κ1) is 21.4. The van der Waals surface area contributed by atoms with Gasteiger partial charge in [-0.15, -0.1) is 0 Å². The predicted molar refractivity (Wildman–Crippen MR) is 114 cm³/mol. The van der Waals surface area contributed by atoms with Gasteiger partial charge in [-0.05, 0) is 42.4 Å². The van der Waals surface area contributed by atoms with E-state index in [2.05, 4.69) is 13.8 Å². The second kappa shape index (κ2) is 8.75. The second-order valence-electron chi connectivity index (χ2n) is 8.86. The Balaban J connectivity index is 1.51. The van der Waals surface area contributed by atoms with Crippen LogP contribution >= 0.6 is 0 Å². The number of ether oxygens (including phenoxy) is 2. The van der Waals surface area contributed by atoms with Gasteiger partial charge in [0.15, 0.2) is 11.5 Å². The van der Waals surface area contributed by atoms with Gasteiger partial charge in [-0.25, -0.2) is 12.7 Å². The fourth-order valence-corrected chi connectivity index (χ4v) is 6.46. The van der Waals surface area contributed by atoms with Crippen molar-refractivity contribution in [1.82, 2.24) is 9.21 Å². The first-order chi connectivity index (χ1) is 14.3. The molecular weight excluding hydrogens is 404 g/mol. The Hall–Kier alpha value is -1.80. The lowest BCUT2D eigenvalue weighted by atomic mass is 9.77. The van der Waals surface area contributed by atoms with Crippen LogP contribution in [0.3, 0.4) is 0 Å². The summed E-state index contributed by atoms with van der Waals surface area (Å²) in [5, 5.41) is 0. The Morgan fingerprint density at radius 2 is 1.97 bits per heavy atom. The fourth-order valence-electron chi connectivity index (χ4n) is 4.93. The van der Waals surface area contributed by atoms with Crippen LogP contribution in [0.15, 0.2) is 18.2 Å². The zero-order valence-electron chi connectivity index (χ0n) is 17.9. The average molecular weight is 437 g/mol. The molecule has 0 spiro atoms. The molecule has 0 aromatic heterocycles. The minimum atomic E-state index is -3.19. The van der Waals surface area contributed by atoms with Crippen molar-refractivity contribution in [3.63, 3.8) is 0 Å². The largest absolute Gasteiger partial charge is 0.454 e. The fraction of sp³-hybridized carbons (Fsp3) is 0.682. The molecule has 0 bridgehead atoms. The van der Waals surface area contributed by atoms with Crippen LogP contribution in [-0.2, 0) is 21.4 Å². The third kappa shape index (κ3) is 4.44. The number of benzene rings is 1. The van der Waals surface area contributed by atoms with Crippen LogP contribution in [0.2, 0.25) is 0 Å². The molecular formula is C22H32N2O5S. The summed E-state index contributed by atoms with van der Waals surface area (Å²) in [6.45, 7) is 6.02. The van der Waals surface area contributed by atoms with Gasteiger partial charge in [-0.1, -0.05) is 32.8 Å². The molecule has 2 aliphatic heterocycles. The molecule has 2 fully saturated rings. The van der Waals surface area contributed by atoms with Crippen molar-refractivity contribution in [1.29, 1.82) is 0 Å². The van der Waals surface area contributed by atoms with E-state index in [-0.39, 0.29) is 37.5 Å². The molecule has 1 aromatic carbocycles. The molecule has 4 rings (SSSR count). The SMILES string of the molecule is C[C@@H]1[C@H](C)CCC[C@H]1N(Cc1ccc2c(c1)OCO2)C(=O)CCN1CCCS1(=O)=O. The number of carbonyl (C=O) groups excluding carboxylic acids is 1. The van der Waals surface area contributed by atoms with E-state index in [4.69, 9.17) is 9.47 Å². The molecule has 1 saturated carbocycles. The number of hydrogen-bond acceptors (Lipinski definition) is 5. The van der Waals surface area contributed by atoms with Gasteiger partial charge in [0.1, 0.15) is 0 Å². The first-order valence-corrected chi connectivity index (χ1v) is 12.6. The number of amides is 1. The lowest BCUT2D eigenvalue weighted by Crippen LogP contribution is -2.47. The van der Waals surface area contributed by atoms with Crippen LogP contribution in [0, 0.1) is 11.8 Å². The molecule has 8 heteroatoms. The van der Waals surface area contributed by atoms with E-state index in [0.29, 0.717) is 37.1 Å². The Bertz CT molecular complexity index is 888. The highest BCUT2D eigenvalue weighted by Crippen LogP contribution is 2.36. The maximum atomic E-state index is 13.3. The first-order valence-electron chi connectivity index (χ1n) is 11.0. The number of rotatable bonds is 6. The van der Waals surface area contributed by atoms with Gasteiger partial charge in [-0.3, -0.25) is 4.79 Å². The molecule has 3 atom stereocenters. The lowest BCUT2D eigenvalue weighted by molar-refractivity contribution is -0.137. The number of fused-ring (bicyclic) bond motifs is 1. The van der Waals surface area contributed by atoms with Gasteiger partial charge < -0.3 is 14.4 Å². The molecule has 2 heterocycles. The number of hydrogen-bond donors (Lipinski definition) is 0. The van der Waals surface area contributed by atoms with Crippen molar-refractivity contribution < 1.29 is 22.7 Å². The minimum absolute atomic E-state index is 0.0284. The quantitative estimate of drug-likeness (QED) is 0.685. The summed E-state index contributed by atoms with van der Waals surface area (Å²) in [6, 6.07) is 5.99.